The Morgan fingerprint density at radius 1 is 1.11 bits per heavy atom. The lowest BCUT2D eigenvalue weighted by Gasteiger charge is -2.17. The number of rotatable bonds is 6. The first-order valence-corrected chi connectivity index (χ1v) is 11.3. The van der Waals surface area contributed by atoms with Crippen LogP contribution < -0.4 is 5.32 Å². The van der Waals surface area contributed by atoms with Crippen LogP contribution in [0.3, 0.4) is 0 Å². The molecule has 2 aliphatic heterocycles. The number of aliphatic hydroxyl groups excluding tert-OH is 3. The lowest BCUT2D eigenvalue weighted by Crippen LogP contribution is -2.33. The number of ether oxygens (including phenoxy) is 2. The molecule has 4 N–H and O–H groups in total. The van der Waals surface area contributed by atoms with Crippen molar-refractivity contribution in [1.29, 1.82) is 0 Å². The maximum Gasteiger partial charge on any atom is 0.254 e. The average molecular weight is 480 g/mol. The van der Waals surface area contributed by atoms with Gasteiger partial charge in [-0.3, -0.25) is 9.55 Å². The molecule has 0 amide bonds. The van der Waals surface area contributed by atoms with Crippen molar-refractivity contribution in [3.63, 3.8) is 0 Å². The molecule has 0 bridgehead atoms. The normalized spacial score (nSPS) is 26.5. The van der Waals surface area contributed by atoms with Crippen LogP contribution in [0, 0.1) is 0 Å². The number of aliphatic hydroxyl groups is 3. The number of fused-ring (bicyclic) bond motifs is 1. The zero-order chi connectivity index (χ0) is 23.9. The van der Waals surface area contributed by atoms with E-state index in [-0.39, 0.29) is 12.0 Å². The number of anilines is 1. The van der Waals surface area contributed by atoms with E-state index in [0.29, 0.717) is 30.2 Å². The van der Waals surface area contributed by atoms with Crippen LogP contribution in [-0.2, 0) is 9.47 Å². The van der Waals surface area contributed by atoms with Crippen LogP contribution in [0.4, 0.5) is 5.82 Å². The summed E-state index contributed by atoms with van der Waals surface area (Å²) < 4.78 is 14.3. The molecule has 6 heterocycles. The molecule has 0 spiro atoms. The highest BCUT2D eigenvalue weighted by Crippen LogP contribution is 2.33. The third-order valence-corrected chi connectivity index (χ3v) is 6.27. The molecule has 182 valence electrons. The highest BCUT2D eigenvalue weighted by Gasteiger charge is 2.44. The third kappa shape index (κ3) is 3.92. The first-order valence-electron chi connectivity index (χ1n) is 11.3. The maximum atomic E-state index is 10.6. The van der Waals surface area contributed by atoms with Crippen molar-refractivity contribution in [2.75, 3.05) is 25.1 Å². The van der Waals surface area contributed by atoms with Crippen LogP contribution in [0.5, 0.6) is 0 Å². The van der Waals surface area contributed by atoms with E-state index in [1.165, 1.54) is 10.9 Å². The molecule has 0 aliphatic carbocycles. The minimum atomic E-state index is -1.27. The van der Waals surface area contributed by atoms with Crippen molar-refractivity contribution >= 4 is 17.0 Å². The van der Waals surface area contributed by atoms with E-state index < -0.39 is 31.1 Å². The second-order valence-corrected chi connectivity index (χ2v) is 8.54. The molecule has 0 radical (unpaired) electrons. The minimum Gasteiger partial charge on any atom is -0.394 e. The van der Waals surface area contributed by atoms with Gasteiger partial charge in [0, 0.05) is 30.8 Å². The third-order valence-electron chi connectivity index (χ3n) is 6.27. The number of nitrogens with one attached hydrogen (secondary N) is 1. The van der Waals surface area contributed by atoms with Crippen molar-refractivity contribution in [2.45, 2.75) is 37.0 Å². The molecule has 0 saturated carbocycles. The van der Waals surface area contributed by atoms with E-state index in [4.69, 9.17) is 9.47 Å². The second-order valence-electron chi connectivity index (χ2n) is 8.54. The Kier molecular flexibility index (Phi) is 5.62. The van der Waals surface area contributed by atoms with Gasteiger partial charge in [-0.25, -0.2) is 9.67 Å². The number of imidazole rings is 1. The summed E-state index contributed by atoms with van der Waals surface area (Å²) in [5, 5.41) is 38.1. The summed E-state index contributed by atoms with van der Waals surface area (Å²) in [4.78, 5) is 17.9. The number of aromatic nitrogens is 7. The Morgan fingerprint density at radius 2 is 1.97 bits per heavy atom. The minimum absolute atomic E-state index is 0.0602. The van der Waals surface area contributed by atoms with Gasteiger partial charge in [-0.05, 0) is 24.1 Å². The Morgan fingerprint density at radius 3 is 2.71 bits per heavy atom. The second kappa shape index (κ2) is 8.94. The Hall–Kier alpha value is -3.49. The summed E-state index contributed by atoms with van der Waals surface area (Å²) in [6.07, 6.45) is 4.82. The molecule has 0 aromatic carbocycles. The van der Waals surface area contributed by atoms with Crippen LogP contribution in [0.1, 0.15) is 12.6 Å². The molecule has 4 aromatic heterocycles. The van der Waals surface area contributed by atoms with Gasteiger partial charge in [-0.15, -0.1) is 0 Å². The Labute approximate surface area is 199 Å². The molecular formula is C22H24N8O5. The molecular weight excluding hydrogens is 456 g/mol. The molecule has 2 fully saturated rings. The monoisotopic (exact) mass is 480 g/mol. The molecule has 4 aromatic rings. The molecule has 5 atom stereocenters. The van der Waals surface area contributed by atoms with E-state index in [1.54, 1.807) is 23.3 Å². The van der Waals surface area contributed by atoms with Crippen LogP contribution in [0.2, 0.25) is 0 Å². The highest BCUT2D eigenvalue weighted by atomic mass is 16.6. The number of nitrogens with zero attached hydrogens (tertiary/aromatic N) is 7. The fourth-order valence-corrected chi connectivity index (χ4v) is 4.37. The summed E-state index contributed by atoms with van der Waals surface area (Å²) >= 11 is 0. The lowest BCUT2D eigenvalue weighted by atomic mass is 10.1. The van der Waals surface area contributed by atoms with Crippen molar-refractivity contribution in [1.82, 2.24) is 34.3 Å². The fourth-order valence-electron chi connectivity index (χ4n) is 4.37. The van der Waals surface area contributed by atoms with Gasteiger partial charge in [0.15, 0.2) is 23.2 Å². The summed E-state index contributed by atoms with van der Waals surface area (Å²) in [5.74, 6) is 0.777. The van der Waals surface area contributed by atoms with Crippen LogP contribution in [-0.4, -0.2) is 93.8 Å². The summed E-state index contributed by atoms with van der Waals surface area (Å²) in [6, 6.07) is 3.83. The van der Waals surface area contributed by atoms with Crippen LogP contribution in [0.25, 0.3) is 28.2 Å². The largest absolute Gasteiger partial charge is 0.394 e. The summed E-state index contributed by atoms with van der Waals surface area (Å²) in [7, 11) is 0. The van der Waals surface area contributed by atoms with Crippen molar-refractivity contribution < 1.29 is 24.8 Å². The van der Waals surface area contributed by atoms with Gasteiger partial charge < -0.3 is 30.1 Å². The number of pyridine rings is 1. The fraction of sp³-hybridized carbons (Fsp3) is 0.409. The van der Waals surface area contributed by atoms with Gasteiger partial charge in [0.1, 0.15) is 18.3 Å². The molecule has 13 heteroatoms. The van der Waals surface area contributed by atoms with Gasteiger partial charge in [-0.2, -0.15) is 15.1 Å². The summed E-state index contributed by atoms with van der Waals surface area (Å²) in [6.45, 7) is 0.773. The number of hydrogen-bond acceptors (Lipinski definition) is 11. The van der Waals surface area contributed by atoms with Gasteiger partial charge >= 0.3 is 0 Å². The number of hydrogen-bond donors (Lipinski definition) is 4. The first-order chi connectivity index (χ1) is 17.1. The summed E-state index contributed by atoms with van der Waals surface area (Å²) in [5.41, 5.74) is 2.67. The molecule has 2 saturated heterocycles. The zero-order valence-electron chi connectivity index (χ0n) is 18.5. The Balaban J connectivity index is 1.44. The molecule has 1 unspecified atom stereocenters. The average Bonchev–Trinajstić information content (AvgIpc) is 3.68. The van der Waals surface area contributed by atoms with Gasteiger partial charge in [0.05, 0.1) is 31.8 Å². The predicted octanol–water partition coefficient (Wildman–Crippen LogP) is -0.114. The lowest BCUT2D eigenvalue weighted by molar-refractivity contribution is -0.0511. The quantitative estimate of drug-likeness (QED) is 0.291. The van der Waals surface area contributed by atoms with E-state index >= 15 is 0 Å². The molecule has 2 aliphatic rings. The topological polar surface area (TPSA) is 165 Å². The van der Waals surface area contributed by atoms with Crippen molar-refractivity contribution in [3.8, 4) is 17.1 Å². The Bertz CT molecular complexity index is 1320. The van der Waals surface area contributed by atoms with E-state index in [9.17, 15) is 15.3 Å². The molecule has 6 rings (SSSR count). The van der Waals surface area contributed by atoms with Crippen molar-refractivity contribution in [2.24, 2.45) is 0 Å². The van der Waals surface area contributed by atoms with Gasteiger partial charge in [-0.1, -0.05) is 0 Å². The van der Waals surface area contributed by atoms with Gasteiger partial charge in [0.2, 0.25) is 0 Å². The van der Waals surface area contributed by atoms with Crippen LogP contribution in [0.15, 0.2) is 43.2 Å². The van der Waals surface area contributed by atoms with Crippen molar-refractivity contribution in [3.05, 3.63) is 43.2 Å². The van der Waals surface area contributed by atoms with E-state index in [2.05, 4.69) is 30.4 Å². The first kappa shape index (κ1) is 22.0. The smallest absolute Gasteiger partial charge is 0.254 e. The standard InChI is InChI=1S/C22H24N8O5/c31-9-15-17(32)18(33)21(35-15)29-11-24-16-19(26-14-3-6-34-10-14)27-22(28-20(16)29)30-8-13(7-25-30)12-1-4-23-5-2-12/h1-2,4-5,7-8,11,14-15,17-18,21,31-33H,3,6,9-10H2,(H,26,27,28)/t14?,15-,17-,18-,21-/m1/s1. The zero-order valence-corrected chi connectivity index (χ0v) is 18.5. The maximum absolute atomic E-state index is 10.6. The van der Waals surface area contributed by atoms with Gasteiger partial charge in [0.25, 0.3) is 5.95 Å². The van der Waals surface area contributed by atoms with Crippen LogP contribution >= 0.6 is 0 Å². The SMILES string of the molecule is OC[C@H]1O[C@@H](n2cnc3c(NC4CCOC4)nc(-n4cc(-c5ccncc5)cn4)nc32)[C@H](O)[C@@H]1O. The van der Waals surface area contributed by atoms with E-state index in [0.717, 1.165) is 17.5 Å². The predicted molar refractivity (Wildman–Crippen MR) is 122 cm³/mol. The highest BCUT2D eigenvalue weighted by molar-refractivity contribution is 5.84. The van der Waals surface area contributed by atoms with E-state index in [1.807, 2.05) is 18.3 Å². The molecule has 35 heavy (non-hydrogen) atoms. The molecule has 13 nitrogen and oxygen atoms in total.